The molecule has 0 atom stereocenters. The first kappa shape index (κ1) is 14.6. The number of hydrogen-bond acceptors (Lipinski definition) is 2. The van der Waals surface area contributed by atoms with Crippen LogP contribution in [0.4, 0.5) is 13.2 Å². The molecular weight excluding hydrogens is 287 g/mol. The second-order valence-corrected chi connectivity index (χ2v) is 5.05. The molecule has 0 aliphatic carbocycles. The molecular formula is C14H12F3NOS. The van der Waals surface area contributed by atoms with Crippen LogP contribution in [0.1, 0.15) is 15.9 Å². The minimum absolute atomic E-state index is 0.0449. The molecule has 0 saturated carbocycles. The van der Waals surface area contributed by atoms with Crippen molar-refractivity contribution in [2.24, 2.45) is 0 Å². The van der Waals surface area contributed by atoms with Gasteiger partial charge in [0.1, 0.15) is 6.54 Å². The van der Waals surface area contributed by atoms with Gasteiger partial charge in [-0.1, -0.05) is 18.2 Å². The standard InChI is InChI=1S/C14H12F3NOS/c15-14(16,17)10-18(8-11-6-7-20-9-11)13(19)12-4-2-1-3-5-12/h1-7,9H,8,10H2. The van der Waals surface area contributed by atoms with E-state index < -0.39 is 18.6 Å². The highest BCUT2D eigenvalue weighted by Crippen LogP contribution is 2.20. The van der Waals surface area contributed by atoms with Crippen molar-refractivity contribution in [1.82, 2.24) is 4.90 Å². The molecule has 106 valence electrons. The summed E-state index contributed by atoms with van der Waals surface area (Å²) in [6.07, 6.45) is -4.42. The van der Waals surface area contributed by atoms with Gasteiger partial charge in [-0.3, -0.25) is 4.79 Å². The van der Waals surface area contributed by atoms with Crippen LogP contribution in [-0.2, 0) is 6.54 Å². The van der Waals surface area contributed by atoms with Crippen LogP contribution >= 0.6 is 11.3 Å². The Labute approximate surface area is 118 Å². The summed E-state index contributed by atoms with van der Waals surface area (Å²) in [5.41, 5.74) is 0.954. The third kappa shape index (κ3) is 4.09. The predicted octanol–water partition coefficient (Wildman–Crippen LogP) is 3.95. The lowest BCUT2D eigenvalue weighted by Crippen LogP contribution is -2.38. The second-order valence-electron chi connectivity index (χ2n) is 4.27. The maximum atomic E-state index is 12.6. The molecule has 1 amide bonds. The summed E-state index contributed by atoms with van der Waals surface area (Å²) < 4.78 is 37.9. The highest BCUT2D eigenvalue weighted by Gasteiger charge is 2.33. The van der Waals surface area contributed by atoms with E-state index in [-0.39, 0.29) is 12.1 Å². The highest BCUT2D eigenvalue weighted by atomic mass is 32.1. The lowest BCUT2D eigenvalue weighted by molar-refractivity contribution is -0.141. The molecule has 6 heteroatoms. The fraction of sp³-hybridized carbons (Fsp3) is 0.214. The summed E-state index contributed by atoms with van der Waals surface area (Å²) in [5, 5.41) is 3.51. The molecule has 0 aliphatic rings. The zero-order chi connectivity index (χ0) is 14.6. The van der Waals surface area contributed by atoms with Crippen LogP contribution in [0.2, 0.25) is 0 Å². The molecule has 2 rings (SSSR count). The van der Waals surface area contributed by atoms with Gasteiger partial charge in [0.05, 0.1) is 0 Å². The van der Waals surface area contributed by atoms with Gasteiger partial charge in [0.15, 0.2) is 0 Å². The Kier molecular flexibility index (Phi) is 4.44. The van der Waals surface area contributed by atoms with Crippen LogP contribution in [-0.4, -0.2) is 23.5 Å². The SMILES string of the molecule is O=C(c1ccccc1)N(Cc1ccsc1)CC(F)(F)F. The molecule has 0 bridgehead atoms. The molecule has 0 saturated heterocycles. The Morgan fingerprint density at radius 3 is 2.40 bits per heavy atom. The summed E-state index contributed by atoms with van der Waals surface area (Å²) in [6, 6.07) is 9.71. The van der Waals surface area contributed by atoms with E-state index in [0.29, 0.717) is 5.56 Å². The monoisotopic (exact) mass is 299 g/mol. The number of halogens is 3. The first-order valence-corrected chi connectivity index (χ1v) is 6.82. The molecule has 20 heavy (non-hydrogen) atoms. The number of carbonyl (C=O) groups excluding carboxylic acids is 1. The van der Waals surface area contributed by atoms with Gasteiger partial charge in [-0.05, 0) is 34.5 Å². The largest absolute Gasteiger partial charge is 0.406 e. The fourth-order valence-electron chi connectivity index (χ4n) is 1.78. The van der Waals surface area contributed by atoms with E-state index in [4.69, 9.17) is 0 Å². The quantitative estimate of drug-likeness (QED) is 0.837. The summed E-state index contributed by atoms with van der Waals surface area (Å²) in [7, 11) is 0. The molecule has 1 heterocycles. The average Bonchev–Trinajstić information content (AvgIpc) is 2.89. The Balaban J connectivity index is 2.19. The van der Waals surface area contributed by atoms with Crippen LogP contribution in [0.25, 0.3) is 0 Å². The topological polar surface area (TPSA) is 20.3 Å². The van der Waals surface area contributed by atoms with E-state index in [1.807, 2.05) is 0 Å². The molecule has 1 aromatic carbocycles. The number of nitrogens with zero attached hydrogens (tertiary/aromatic N) is 1. The molecule has 2 nitrogen and oxygen atoms in total. The van der Waals surface area contributed by atoms with Gasteiger partial charge in [0, 0.05) is 12.1 Å². The van der Waals surface area contributed by atoms with Crippen LogP contribution in [0.5, 0.6) is 0 Å². The van der Waals surface area contributed by atoms with Gasteiger partial charge < -0.3 is 4.90 Å². The molecule has 0 spiro atoms. The van der Waals surface area contributed by atoms with E-state index in [1.165, 1.54) is 23.5 Å². The van der Waals surface area contributed by atoms with Crippen LogP contribution < -0.4 is 0 Å². The molecule has 0 unspecified atom stereocenters. The summed E-state index contributed by atoms with van der Waals surface area (Å²) >= 11 is 1.39. The van der Waals surface area contributed by atoms with Crippen molar-refractivity contribution < 1.29 is 18.0 Å². The van der Waals surface area contributed by atoms with Crippen LogP contribution in [0.3, 0.4) is 0 Å². The summed E-state index contributed by atoms with van der Waals surface area (Å²) in [5.74, 6) is -0.617. The maximum Gasteiger partial charge on any atom is 0.406 e. The highest BCUT2D eigenvalue weighted by molar-refractivity contribution is 7.07. The lowest BCUT2D eigenvalue weighted by Gasteiger charge is -2.23. The van der Waals surface area contributed by atoms with Gasteiger partial charge in [0.25, 0.3) is 5.91 Å². The Hall–Kier alpha value is -1.82. The van der Waals surface area contributed by atoms with Crippen molar-refractivity contribution in [2.75, 3.05) is 6.54 Å². The molecule has 0 fully saturated rings. The molecule has 2 aromatic rings. The molecule has 0 aliphatic heterocycles. The van der Waals surface area contributed by atoms with Gasteiger partial charge in [-0.2, -0.15) is 24.5 Å². The summed E-state index contributed by atoms with van der Waals surface area (Å²) in [6.45, 7) is -1.30. The normalized spacial score (nSPS) is 11.3. The van der Waals surface area contributed by atoms with E-state index in [9.17, 15) is 18.0 Å². The van der Waals surface area contributed by atoms with Crippen molar-refractivity contribution in [3.63, 3.8) is 0 Å². The minimum Gasteiger partial charge on any atom is -0.325 e. The van der Waals surface area contributed by atoms with Gasteiger partial charge in [-0.25, -0.2) is 0 Å². The van der Waals surface area contributed by atoms with Gasteiger partial charge >= 0.3 is 6.18 Å². The smallest absolute Gasteiger partial charge is 0.325 e. The predicted molar refractivity (Wildman–Crippen MR) is 71.6 cm³/mol. The van der Waals surface area contributed by atoms with E-state index in [2.05, 4.69) is 0 Å². The zero-order valence-corrected chi connectivity index (χ0v) is 11.2. The maximum absolute atomic E-state index is 12.6. The molecule has 0 radical (unpaired) electrons. The second kappa shape index (κ2) is 6.09. The number of thiophene rings is 1. The third-order valence-electron chi connectivity index (χ3n) is 2.63. The van der Waals surface area contributed by atoms with Crippen molar-refractivity contribution in [3.05, 3.63) is 58.3 Å². The molecule has 0 N–H and O–H groups in total. The van der Waals surface area contributed by atoms with E-state index in [1.54, 1.807) is 35.0 Å². The average molecular weight is 299 g/mol. The number of carbonyl (C=O) groups is 1. The number of rotatable bonds is 4. The third-order valence-corrected chi connectivity index (χ3v) is 3.36. The van der Waals surface area contributed by atoms with E-state index in [0.717, 1.165) is 4.90 Å². The Morgan fingerprint density at radius 1 is 1.15 bits per heavy atom. The van der Waals surface area contributed by atoms with Crippen molar-refractivity contribution in [2.45, 2.75) is 12.7 Å². The van der Waals surface area contributed by atoms with Crippen LogP contribution in [0, 0.1) is 0 Å². The van der Waals surface area contributed by atoms with Gasteiger partial charge in [-0.15, -0.1) is 0 Å². The van der Waals surface area contributed by atoms with Gasteiger partial charge in [0.2, 0.25) is 0 Å². The molecule has 1 aromatic heterocycles. The van der Waals surface area contributed by atoms with Crippen molar-refractivity contribution in [1.29, 1.82) is 0 Å². The lowest BCUT2D eigenvalue weighted by atomic mass is 10.2. The number of hydrogen-bond donors (Lipinski definition) is 0. The first-order valence-electron chi connectivity index (χ1n) is 5.88. The zero-order valence-electron chi connectivity index (χ0n) is 10.4. The van der Waals surface area contributed by atoms with Crippen LogP contribution in [0.15, 0.2) is 47.2 Å². The fourth-order valence-corrected chi connectivity index (χ4v) is 2.44. The Bertz CT molecular complexity index is 552. The minimum atomic E-state index is -4.42. The summed E-state index contributed by atoms with van der Waals surface area (Å²) in [4.78, 5) is 13.0. The van der Waals surface area contributed by atoms with Crippen molar-refractivity contribution >= 4 is 17.2 Å². The number of benzene rings is 1. The number of alkyl halides is 3. The Morgan fingerprint density at radius 2 is 1.85 bits per heavy atom. The number of amides is 1. The van der Waals surface area contributed by atoms with E-state index >= 15 is 0 Å². The first-order chi connectivity index (χ1) is 9.46. The van der Waals surface area contributed by atoms with Crippen molar-refractivity contribution in [3.8, 4) is 0 Å².